The molecule has 0 saturated heterocycles. The number of sulfonamides is 1. The molecule has 1 rings (SSSR count). The Hall–Kier alpha value is -1.46. The summed E-state index contributed by atoms with van der Waals surface area (Å²) in [5, 5.41) is 12.6. The number of rotatable bonds is 7. The molecule has 0 aromatic carbocycles. The number of sulfone groups is 1. The molecule has 0 aliphatic heterocycles. The Morgan fingerprint density at radius 2 is 2.05 bits per heavy atom. The summed E-state index contributed by atoms with van der Waals surface area (Å²) in [7, 11) is -5.93. The van der Waals surface area contributed by atoms with Gasteiger partial charge in [0, 0.05) is 19.5 Å². The van der Waals surface area contributed by atoms with Gasteiger partial charge in [-0.25, -0.2) is 16.8 Å². The molecule has 0 radical (unpaired) electrons. The number of hydrogen-bond donors (Lipinski definition) is 2. The van der Waals surface area contributed by atoms with Crippen molar-refractivity contribution in [2.45, 2.75) is 17.4 Å². The lowest BCUT2D eigenvalue weighted by Crippen LogP contribution is -2.41. The fraction of sp³-hybridized carbons (Fsp3) is 0.556. The van der Waals surface area contributed by atoms with Crippen molar-refractivity contribution in [2.75, 3.05) is 12.0 Å². The minimum absolute atomic E-state index is 0.189. The van der Waals surface area contributed by atoms with Gasteiger partial charge in [0.1, 0.15) is 20.8 Å². The van der Waals surface area contributed by atoms with Crippen LogP contribution in [-0.2, 0) is 31.7 Å². The van der Waals surface area contributed by atoms with Gasteiger partial charge in [-0.2, -0.15) is 9.82 Å². The predicted molar refractivity (Wildman–Crippen MR) is 69.3 cm³/mol. The molecule has 0 aliphatic rings. The predicted octanol–water partition coefficient (Wildman–Crippen LogP) is -1.41. The Balaban J connectivity index is 2.88. The van der Waals surface area contributed by atoms with Gasteiger partial charge < -0.3 is 5.11 Å². The Kier molecular flexibility index (Phi) is 4.89. The second-order valence-corrected chi connectivity index (χ2v) is 8.25. The van der Waals surface area contributed by atoms with Crippen LogP contribution in [0.2, 0.25) is 0 Å². The molecule has 0 amide bonds. The maximum atomic E-state index is 11.9. The zero-order valence-corrected chi connectivity index (χ0v) is 12.5. The number of hydrogen-bond acceptors (Lipinski definition) is 6. The lowest BCUT2D eigenvalue weighted by Gasteiger charge is -2.13. The van der Waals surface area contributed by atoms with Crippen LogP contribution < -0.4 is 4.72 Å². The first-order valence-electron chi connectivity index (χ1n) is 5.43. The fourth-order valence-electron chi connectivity index (χ4n) is 1.36. The zero-order chi connectivity index (χ0) is 15.6. The molecule has 20 heavy (non-hydrogen) atoms. The fourth-order valence-corrected chi connectivity index (χ4v) is 3.23. The average molecular weight is 325 g/mol. The molecular formula is C9H15N3O6S2. The Morgan fingerprint density at radius 1 is 1.45 bits per heavy atom. The van der Waals surface area contributed by atoms with Crippen molar-refractivity contribution in [3.8, 4) is 0 Å². The molecule has 0 spiro atoms. The summed E-state index contributed by atoms with van der Waals surface area (Å²) in [6.45, 7) is 0. The highest BCUT2D eigenvalue weighted by molar-refractivity contribution is 7.90. The summed E-state index contributed by atoms with van der Waals surface area (Å²) < 4.78 is 49.0. The van der Waals surface area contributed by atoms with Gasteiger partial charge in [0.15, 0.2) is 0 Å². The maximum Gasteiger partial charge on any atom is 0.321 e. The van der Waals surface area contributed by atoms with Crippen LogP contribution in [0.4, 0.5) is 0 Å². The van der Waals surface area contributed by atoms with E-state index in [4.69, 9.17) is 5.11 Å². The van der Waals surface area contributed by atoms with Crippen LogP contribution in [0.3, 0.4) is 0 Å². The third-order valence-electron chi connectivity index (χ3n) is 2.36. The molecule has 1 aromatic rings. The highest BCUT2D eigenvalue weighted by Gasteiger charge is 2.27. The Labute approximate surface area is 116 Å². The van der Waals surface area contributed by atoms with E-state index in [0.717, 1.165) is 12.5 Å². The van der Waals surface area contributed by atoms with E-state index < -0.39 is 37.6 Å². The first-order chi connectivity index (χ1) is 9.01. The van der Waals surface area contributed by atoms with Crippen LogP contribution in [-0.4, -0.2) is 55.7 Å². The van der Waals surface area contributed by atoms with Crippen LogP contribution in [0.1, 0.15) is 6.42 Å². The Morgan fingerprint density at radius 3 is 2.45 bits per heavy atom. The summed E-state index contributed by atoms with van der Waals surface area (Å²) in [5.41, 5.74) is 0. The second-order valence-electron chi connectivity index (χ2n) is 4.28. The number of carboxylic acids is 1. The van der Waals surface area contributed by atoms with Crippen LogP contribution >= 0.6 is 0 Å². The van der Waals surface area contributed by atoms with Gasteiger partial charge in [-0.05, 0) is 6.42 Å². The van der Waals surface area contributed by atoms with Crippen molar-refractivity contribution in [3.05, 3.63) is 12.4 Å². The van der Waals surface area contributed by atoms with Crippen LogP contribution in [0.25, 0.3) is 0 Å². The lowest BCUT2D eigenvalue weighted by molar-refractivity contribution is -0.139. The largest absolute Gasteiger partial charge is 0.480 e. The number of aryl methyl sites for hydroxylation is 1. The minimum atomic E-state index is -4.06. The monoisotopic (exact) mass is 325 g/mol. The summed E-state index contributed by atoms with van der Waals surface area (Å²) in [6, 6.07) is -1.52. The molecule has 0 saturated carbocycles. The van der Waals surface area contributed by atoms with Crippen molar-refractivity contribution in [3.63, 3.8) is 0 Å². The van der Waals surface area contributed by atoms with E-state index in [-0.39, 0.29) is 11.3 Å². The molecule has 9 nitrogen and oxygen atoms in total. The van der Waals surface area contributed by atoms with Crippen molar-refractivity contribution in [2.24, 2.45) is 7.05 Å². The number of nitrogens with zero attached hydrogens (tertiary/aromatic N) is 2. The molecule has 1 atom stereocenters. The van der Waals surface area contributed by atoms with E-state index in [1.807, 2.05) is 4.72 Å². The van der Waals surface area contributed by atoms with Gasteiger partial charge in [0.2, 0.25) is 10.0 Å². The first kappa shape index (κ1) is 16.6. The van der Waals surface area contributed by atoms with Crippen LogP contribution in [0, 0.1) is 0 Å². The molecule has 0 bridgehead atoms. The van der Waals surface area contributed by atoms with Gasteiger partial charge in [-0.15, -0.1) is 0 Å². The number of carboxylic acid groups (broad SMARTS) is 1. The minimum Gasteiger partial charge on any atom is -0.480 e. The van der Waals surface area contributed by atoms with E-state index in [1.54, 1.807) is 0 Å². The third kappa shape index (κ3) is 4.90. The lowest BCUT2D eigenvalue weighted by atomic mass is 10.2. The van der Waals surface area contributed by atoms with E-state index in [9.17, 15) is 21.6 Å². The first-order valence-corrected chi connectivity index (χ1v) is 8.97. The highest BCUT2D eigenvalue weighted by atomic mass is 32.2. The SMILES string of the molecule is Cn1cc(S(=O)(=O)NC(CCS(C)(=O)=O)C(=O)O)cn1. The standard InChI is InChI=1S/C9H15N3O6S2/c1-12-6-7(5-10-12)20(17,18)11-8(9(13)14)3-4-19(2,15)16/h5-6,8,11H,3-4H2,1-2H3,(H,13,14). The van der Waals surface area contributed by atoms with E-state index in [0.29, 0.717) is 0 Å². The summed E-state index contributed by atoms with van der Waals surface area (Å²) in [6.07, 6.45) is 2.87. The third-order valence-corrected chi connectivity index (χ3v) is 4.77. The molecule has 1 unspecified atom stereocenters. The molecule has 11 heteroatoms. The summed E-state index contributed by atoms with van der Waals surface area (Å²) in [5.74, 6) is -1.87. The van der Waals surface area contributed by atoms with Gasteiger partial charge in [-0.1, -0.05) is 0 Å². The van der Waals surface area contributed by atoms with Gasteiger partial charge >= 0.3 is 5.97 Å². The van der Waals surface area contributed by atoms with E-state index >= 15 is 0 Å². The number of aromatic nitrogens is 2. The topological polar surface area (TPSA) is 135 Å². The smallest absolute Gasteiger partial charge is 0.321 e. The van der Waals surface area contributed by atoms with E-state index in [2.05, 4.69) is 5.10 Å². The van der Waals surface area contributed by atoms with Gasteiger partial charge in [0.25, 0.3) is 0 Å². The molecule has 114 valence electrons. The molecule has 0 fully saturated rings. The summed E-state index contributed by atoms with van der Waals surface area (Å²) >= 11 is 0. The van der Waals surface area contributed by atoms with Crippen LogP contribution in [0.15, 0.2) is 17.3 Å². The number of carbonyl (C=O) groups is 1. The average Bonchev–Trinajstić information content (AvgIpc) is 2.70. The van der Waals surface area contributed by atoms with Crippen molar-refractivity contribution >= 4 is 25.8 Å². The quantitative estimate of drug-likeness (QED) is 0.628. The van der Waals surface area contributed by atoms with Crippen molar-refractivity contribution in [1.82, 2.24) is 14.5 Å². The second kappa shape index (κ2) is 5.89. The maximum absolute atomic E-state index is 11.9. The van der Waals surface area contributed by atoms with Gasteiger partial charge in [-0.3, -0.25) is 9.48 Å². The summed E-state index contributed by atoms with van der Waals surface area (Å²) in [4.78, 5) is 10.8. The number of aliphatic carboxylic acids is 1. The van der Waals surface area contributed by atoms with Crippen molar-refractivity contribution in [1.29, 1.82) is 0 Å². The van der Waals surface area contributed by atoms with Crippen LogP contribution in [0.5, 0.6) is 0 Å². The zero-order valence-electron chi connectivity index (χ0n) is 10.8. The van der Waals surface area contributed by atoms with Gasteiger partial charge in [0.05, 0.1) is 11.9 Å². The molecular weight excluding hydrogens is 310 g/mol. The molecule has 0 aliphatic carbocycles. The number of nitrogens with one attached hydrogen (secondary N) is 1. The molecule has 2 N–H and O–H groups in total. The molecule has 1 aromatic heterocycles. The normalized spacial score (nSPS) is 14.1. The highest BCUT2D eigenvalue weighted by Crippen LogP contribution is 2.08. The van der Waals surface area contributed by atoms with E-state index in [1.165, 1.54) is 17.9 Å². The van der Waals surface area contributed by atoms with Crippen molar-refractivity contribution < 1.29 is 26.7 Å². The Bertz CT molecular complexity index is 691. The molecule has 1 heterocycles.